The lowest BCUT2D eigenvalue weighted by Gasteiger charge is -2.12. The number of halogens is 1. The zero-order valence-corrected chi connectivity index (χ0v) is 16.0. The number of aryl methyl sites for hydroxylation is 1. The molecule has 0 bridgehead atoms. The third-order valence-corrected chi connectivity index (χ3v) is 5.30. The van der Waals surface area contributed by atoms with Gasteiger partial charge in [-0.15, -0.1) is 0 Å². The van der Waals surface area contributed by atoms with E-state index in [9.17, 15) is 9.59 Å². The summed E-state index contributed by atoms with van der Waals surface area (Å²) in [6, 6.07) is 18.6. The first-order valence-corrected chi connectivity index (χ1v) is 9.50. The average Bonchev–Trinajstić information content (AvgIpc) is 3.20. The normalized spacial score (nSPS) is 15.8. The van der Waals surface area contributed by atoms with Crippen LogP contribution in [0.3, 0.4) is 0 Å². The molecular formula is C21H15ClN2O2S. The van der Waals surface area contributed by atoms with Gasteiger partial charge in [0, 0.05) is 22.6 Å². The molecule has 0 saturated carbocycles. The average molecular weight is 395 g/mol. The van der Waals surface area contributed by atoms with Gasteiger partial charge in [-0.25, -0.2) is 4.90 Å². The number of amides is 2. The molecule has 0 spiro atoms. The Balaban J connectivity index is 1.69. The third kappa shape index (κ3) is 3.44. The first kappa shape index (κ1) is 17.6. The first-order valence-electron chi connectivity index (χ1n) is 8.31. The van der Waals surface area contributed by atoms with Crippen LogP contribution in [-0.4, -0.2) is 15.7 Å². The van der Waals surface area contributed by atoms with Gasteiger partial charge < -0.3 is 4.57 Å². The summed E-state index contributed by atoms with van der Waals surface area (Å²) >= 11 is 6.93. The number of benzene rings is 2. The van der Waals surface area contributed by atoms with E-state index in [0.29, 0.717) is 15.6 Å². The summed E-state index contributed by atoms with van der Waals surface area (Å²) in [5.74, 6) is -0.343. The van der Waals surface area contributed by atoms with Crippen molar-refractivity contribution in [2.24, 2.45) is 0 Å². The number of carbonyl (C=O) groups is 2. The summed E-state index contributed by atoms with van der Waals surface area (Å²) in [6.07, 6.45) is 3.68. The first-order chi connectivity index (χ1) is 13.0. The van der Waals surface area contributed by atoms with Crippen molar-refractivity contribution in [3.8, 4) is 5.69 Å². The van der Waals surface area contributed by atoms with Crippen LogP contribution in [0.5, 0.6) is 0 Å². The van der Waals surface area contributed by atoms with Crippen LogP contribution in [0.15, 0.2) is 71.8 Å². The van der Waals surface area contributed by atoms with Crippen molar-refractivity contribution >= 4 is 46.3 Å². The Labute approximate surface area is 166 Å². The van der Waals surface area contributed by atoms with Gasteiger partial charge in [-0.3, -0.25) is 9.59 Å². The molecule has 1 aliphatic rings. The molecule has 27 heavy (non-hydrogen) atoms. The number of hydrogen-bond acceptors (Lipinski definition) is 3. The highest BCUT2D eigenvalue weighted by Gasteiger charge is 2.36. The van der Waals surface area contributed by atoms with Crippen LogP contribution in [0.1, 0.15) is 11.3 Å². The Morgan fingerprint density at radius 1 is 0.963 bits per heavy atom. The van der Waals surface area contributed by atoms with Gasteiger partial charge in [-0.05, 0) is 72.8 Å². The van der Waals surface area contributed by atoms with Crippen molar-refractivity contribution in [2.45, 2.75) is 6.92 Å². The van der Waals surface area contributed by atoms with Crippen molar-refractivity contribution < 1.29 is 9.59 Å². The molecule has 134 valence electrons. The second kappa shape index (κ2) is 7.10. The zero-order valence-electron chi connectivity index (χ0n) is 14.4. The molecule has 1 aromatic heterocycles. The molecule has 1 aliphatic heterocycles. The van der Waals surface area contributed by atoms with Gasteiger partial charge in [0.1, 0.15) is 0 Å². The molecule has 2 heterocycles. The molecule has 0 N–H and O–H groups in total. The summed E-state index contributed by atoms with van der Waals surface area (Å²) in [5.41, 5.74) is 3.45. The number of imide groups is 1. The van der Waals surface area contributed by atoms with Gasteiger partial charge in [0.25, 0.3) is 11.1 Å². The van der Waals surface area contributed by atoms with Gasteiger partial charge in [-0.1, -0.05) is 29.8 Å². The molecule has 2 amide bonds. The Morgan fingerprint density at radius 2 is 1.74 bits per heavy atom. The smallest absolute Gasteiger partial charge is 0.298 e. The summed E-state index contributed by atoms with van der Waals surface area (Å²) in [5, 5.41) is 0.144. The highest BCUT2D eigenvalue weighted by atomic mass is 35.5. The highest BCUT2D eigenvalue weighted by Crippen LogP contribution is 2.36. The molecule has 0 atom stereocenters. The molecule has 1 saturated heterocycles. The van der Waals surface area contributed by atoms with Crippen molar-refractivity contribution in [1.82, 2.24) is 4.57 Å². The van der Waals surface area contributed by atoms with E-state index in [1.807, 2.05) is 48.0 Å². The second-order valence-corrected chi connectivity index (χ2v) is 7.57. The lowest BCUT2D eigenvalue weighted by atomic mass is 10.2. The van der Waals surface area contributed by atoms with Crippen molar-refractivity contribution in [1.29, 1.82) is 0 Å². The molecular weight excluding hydrogens is 380 g/mol. The molecule has 6 heteroatoms. The predicted molar refractivity (Wildman–Crippen MR) is 110 cm³/mol. The molecule has 4 nitrogen and oxygen atoms in total. The molecule has 2 aromatic carbocycles. The van der Waals surface area contributed by atoms with Crippen molar-refractivity contribution in [3.63, 3.8) is 0 Å². The second-order valence-electron chi connectivity index (χ2n) is 6.14. The number of rotatable bonds is 3. The third-order valence-electron chi connectivity index (χ3n) is 4.20. The number of aromatic nitrogens is 1. The lowest BCUT2D eigenvalue weighted by Crippen LogP contribution is -2.27. The SMILES string of the molecule is Cc1cccc(-n2cccc2/C=C2/SC(=O)N(c3cccc(Cl)c3)C2=O)c1. The van der Waals surface area contributed by atoms with Crippen LogP contribution in [0.25, 0.3) is 11.8 Å². The topological polar surface area (TPSA) is 42.3 Å². The predicted octanol–water partition coefficient (Wildman–Crippen LogP) is 5.68. The number of carbonyl (C=O) groups excluding carboxylic acids is 2. The summed E-state index contributed by atoms with van der Waals surface area (Å²) in [7, 11) is 0. The van der Waals surface area contributed by atoms with Gasteiger partial charge in [-0.2, -0.15) is 0 Å². The van der Waals surface area contributed by atoms with Crippen molar-refractivity contribution in [3.05, 3.63) is 88.0 Å². The Bertz CT molecular complexity index is 1090. The monoisotopic (exact) mass is 394 g/mol. The van der Waals surface area contributed by atoms with Crippen LogP contribution in [0, 0.1) is 6.92 Å². The fourth-order valence-electron chi connectivity index (χ4n) is 2.96. The van der Waals surface area contributed by atoms with E-state index >= 15 is 0 Å². The summed E-state index contributed by atoms with van der Waals surface area (Å²) in [6.45, 7) is 2.03. The highest BCUT2D eigenvalue weighted by molar-refractivity contribution is 8.19. The maximum absolute atomic E-state index is 12.8. The zero-order chi connectivity index (χ0) is 19.0. The minimum absolute atomic E-state index is 0.331. The van der Waals surface area contributed by atoms with Crippen LogP contribution in [-0.2, 0) is 4.79 Å². The summed E-state index contributed by atoms with van der Waals surface area (Å²) < 4.78 is 1.99. The number of hydrogen-bond donors (Lipinski definition) is 0. The van der Waals surface area contributed by atoms with E-state index in [2.05, 4.69) is 6.07 Å². The minimum Gasteiger partial charge on any atom is -0.317 e. The fraction of sp³-hybridized carbons (Fsp3) is 0.0476. The Kier molecular flexibility index (Phi) is 4.64. The van der Waals surface area contributed by atoms with Crippen LogP contribution in [0.2, 0.25) is 5.02 Å². The largest absolute Gasteiger partial charge is 0.317 e. The quantitative estimate of drug-likeness (QED) is 0.536. The summed E-state index contributed by atoms with van der Waals surface area (Å²) in [4.78, 5) is 26.8. The Morgan fingerprint density at radius 3 is 2.52 bits per heavy atom. The molecule has 1 fully saturated rings. The molecule has 0 unspecified atom stereocenters. The van der Waals surface area contributed by atoms with E-state index in [1.54, 1.807) is 30.3 Å². The van der Waals surface area contributed by atoms with E-state index in [4.69, 9.17) is 11.6 Å². The maximum atomic E-state index is 12.8. The van der Waals surface area contributed by atoms with Gasteiger partial charge in [0.2, 0.25) is 0 Å². The Hall–Kier alpha value is -2.76. The van der Waals surface area contributed by atoms with Gasteiger partial charge in [0.15, 0.2) is 0 Å². The fourth-order valence-corrected chi connectivity index (χ4v) is 3.98. The van der Waals surface area contributed by atoms with Gasteiger partial charge in [0.05, 0.1) is 10.6 Å². The number of thioether (sulfide) groups is 1. The van der Waals surface area contributed by atoms with Crippen molar-refractivity contribution in [2.75, 3.05) is 4.90 Å². The number of nitrogens with zero attached hydrogens (tertiary/aromatic N) is 2. The van der Waals surface area contributed by atoms with Crippen LogP contribution < -0.4 is 4.90 Å². The van der Waals surface area contributed by atoms with E-state index in [1.165, 1.54) is 0 Å². The van der Waals surface area contributed by atoms with Crippen LogP contribution in [0.4, 0.5) is 10.5 Å². The molecule has 0 radical (unpaired) electrons. The number of anilines is 1. The molecule has 3 aromatic rings. The lowest BCUT2D eigenvalue weighted by molar-refractivity contribution is -0.113. The van der Waals surface area contributed by atoms with E-state index < -0.39 is 0 Å². The molecule has 4 rings (SSSR count). The standard InChI is InChI=1S/C21H15ClN2O2S/c1-14-5-2-7-16(11-14)23-10-4-9-17(23)13-19-20(25)24(21(26)27-19)18-8-3-6-15(22)12-18/h2-13H,1H3/b19-13+. The van der Waals surface area contributed by atoms with E-state index in [-0.39, 0.29) is 11.1 Å². The van der Waals surface area contributed by atoms with E-state index in [0.717, 1.165) is 33.6 Å². The minimum atomic E-state index is -0.343. The molecule has 0 aliphatic carbocycles. The maximum Gasteiger partial charge on any atom is 0.298 e. The van der Waals surface area contributed by atoms with Crippen LogP contribution >= 0.6 is 23.4 Å². The van der Waals surface area contributed by atoms with Gasteiger partial charge >= 0.3 is 0 Å².